The Kier molecular flexibility index (Phi) is 4.01. The molecule has 5 nitrogen and oxygen atoms in total. The second-order valence-electron chi connectivity index (χ2n) is 3.88. The number of aromatic nitrogens is 1. The van der Waals surface area contributed by atoms with Gasteiger partial charge in [-0.05, 0) is 37.6 Å². The second-order valence-corrected chi connectivity index (χ2v) is 4.93. The van der Waals surface area contributed by atoms with Gasteiger partial charge in [-0.2, -0.15) is 0 Å². The molecule has 1 amide bonds. The van der Waals surface area contributed by atoms with E-state index in [0.29, 0.717) is 22.2 Å². The van der Waals surface area contributed by atoms with Crippen molar-refractivity contribution >= 4 is 28.2 Å². The highest BCUT2D eigenvalue weighted by Crippen LogP contribution is 2.27. The second kappa shape index (κ2) is 5.71. The SMILES string of the molecule is CCOC(=O)c1sc(NC(=O)c2ccc[nH]2)cc1C. The average Bonchev–Trinajstić information content (AvgIpc) is 2.99. The zero-order chi connectivity index (χ0) is 13.8. The van der Waals surface area contributed by atoms with E-state index in [2.05, 4.69) is 10.3 Å². The maximum atomic E-state index is 11.8. The zero-order valence-electron chi connectivity index (χ0n) is 10.6. The Morgan fingerprint density at radius 2 is 2.26 bits per heavy atom. The number of amides is 1. The number of esters is 1. The average molecular weight is 278 g/mol. The molecule has 0 bridgehead atoms. The molecule has 2 rings (SSSR count). The summed E-state index contributed by atoms with van der Waals surface area (Å²) in [6.45, 7) is 3.90. The van der Waals surface area contributed by atoms with Gasteiger partial charge >= 0.3 is 5.97 Å². The van der Waals surface area contributed by atoms with E-state index in [1.54, 1.807) is 31.3 Å². The number of aryl methyl sites for hydroxylation is 1. The van der Waals surface area contributed by atoms with Crippen LogP contribution in [0.1, 0.15) is 32.6 Å². The molecule has 2 aromatic heterocycles. The highest BCUT2D eigenvalue weighted by atomic mass is 32.1. The molecular weight excluding hydrogens is 264 g/mol. The molecule has 0 aliphatic carbocycles. The van der Waals surface area contributed by atoms with Gasteiger partial charge in [0, 0.05) is 6.20 Å². The summed E-state index contributed by atoms with van der Waals surface area (Å²) >= 11 is 1.21. The van der Waals surface area contributed by atoms with Crippen LogP contribution in [0, 0.1) is 6.92 Å². The lowest BCUT2D eigenvalue weighted by Gasteiger charge is -2.00. The molecule has 0 atom stereocenters. The van der Waals surface area contributed by atoms with Crippen molar-refractivity contribution in [1.82, 2.24) is 4.98 Å². The van der Waals surface area contributed by atoms with E-state index in [4.69, 9.17) is 4.74 Å². The van der Waals surface area contributed by atoms with Crippen molar-refractivity contribution in [3.05, 3.63) is 40.5 Å². The third kappa shape index (κ3) is 3.03. The first kappa shape index (κ1) is 13.4. The lowest BCUT2D eigenvalue weighted by Crippen LogP contribution is -2.10. The molecule has 0 unspecified atom stereocenters. The molecule has 0 aromatic carbocycles. The van der Waals surface area contributed by atoms with Gasteiger partial charge < -0.3 is 15.0 Å². The minimum Gasteiger partial charge on any atom is -0.462 e. The number of ether oxygens (including phenoxy) is 1. The largest absolute Gasteiger partial charge is 0.462 e. The zero-order valence-corrected chi connectivity index (χ0v) is 11.5. The predicted molar refractivity (Wildman–Crippen MR) is 73.8 cm³/mol. The number of anilines is 1. The van der Waals surface area contributed by atoms with Crippen LogP contribution < -0.4 is 5.32 Å². The molecule has 0 aliphatic rings. The number of rotatable bonds is 4. The van der Waals surface area contributed by atoms with Crippen LogP contribution in [0.5, 0.6) is 0 Å². The van der Waals surface area contributed by atoms with Crippen molar-refractivity contribution in [1.29, 1.82) is 0 Å². The van der Waals surface area contributed by atoms with Gasteiger partial charge in [0.15, 0.2) is 0 Å². The van der Waals surface area contributed by atoms with Gasteiger partial charge in [0.05, 0.1) is 11.6 Å². The van der Waals surface area contributed by atoms with Gasteiger partial charge in [-0.1, -0.05) is 0 Å². The molecule has 0 saturated carbocycles. The first-order valence-electron chi connectivity index (χ1n) is 5.84. The molecule has 0 radical (unpaired) electrons. The maximum Gasteiger partial charge on any atom is 0.348 e. The summed E-state index contributed by atoms with van der Waals surface area (Å²) in [4.78, 5) is 26.8. The number of carbonyl (C=O) groups excluding carboxylic acids is 2. The lowest BCUT2D eigenvalue weighted by molar-refractivity contribution is 0.0531. The number of hydrogen-bond donors (Lipinski definition) is 2. The molecule has 19 heavy (non-hydrogen) atoms. The Balaban J connectivity index is 2.12. The van der Waals surface area contributed by atoms with E-state index in [0.717, 1.165) is 5.56 Å². The van der Waals surface area contributed by atoms with E-state index < -0.39 is 0 Å². The predicted octanol–water partition coefficient (Wildman–Crippen LogP) is 2.81. The highest BCUT2D eigenvalue weighted by Gasteiger charge is 2.16. The topological polar surface area (TPSA) is 71.2 Å². The third-order valence-electron chi connectivity index (χ3n) is 2.46. The van der Waals surface area contributed by atoms with E-state index in [1.165, 1.54) is 11.3 Å². The van der Waals surface area contributed by atoms with Crippen LogP contribution >= 0.6 is 11.3 Å². The van der Waals surface area contributed by atoms with E-state index in [1.807, 2.05) is 6.92 Å². The third-order valence-corrected chi connectivity index (χ3v) is 3.59. The van der Waals surface area contributed by atoms with Gasteiger partial charge in [0.2, 0.25) is 0 Å². The number of nitrogens with one attached hydrogen (secondary N) is 2. The molecule has 0 saturated heterocycles. The summed E-state index contributed by atoms with van der Waals surface area (Å²) in [7, 11) is 0. The van der Waals surface area contributed by atoms with Crippen molar-refractivity contribution in [3.8, 4) is 0 Å². The number of aromatic amines is 1. The van der Waals surface area contributed by atoms with Crippen molar-refractivity contribution in [2.24, 2.45) is 0 Å². The van der Waals surface area contributed by atoms with E-state index >= 15 is 0 Å². The monoisotopic (exact) mass is 278 g/mol. The van der Waals surface area contributed by atoms with Crippen LogP contribution in [0.15, 0.2) is 24.4 Å². The molecule has 0 fully saturated rings. The van der Waals surface area contributed by atoms with Gasteiger partial charge in [0.25, 0.3) is 5.91 Å². The van der Waals surface area contributed by atoms with Gasteiger partial charge in [0.1, 0.15) is 10.6 Å². The molecule has 0 spiro atoms. The minimum atomic E-state index is -0.356. The maximum absolute atomic E-state index is 11.8. The summed E-state index contributed by atoms with van der Waals surface area (Å²) in [6.07, 6.45) is 1.68. The fourth-order valence-corrected chi connectivity index (χ4v) is 2.56. The summed E-state index contributed by atoms with van der Waals surface area (Å²) in [5.74, 6) is -0.591. The number of hydrogen-bond acceptors (Lipinski definition) is 4. The summed E-state index contributed by atoms with van der Waals surface area (Å²) < 4.78 is 4.95. The molecule has 2 N–H and O–H groups in total. The number of H-pyrrole nitrogens is 1. The highest BCUT2D eigenvalue weighted by molar-refractivity contribution is 7.18. The first-order chi connectivity index (χ1) is 9.11. The van der Waals surface area contributed by atoms with Crippen molar-refractivity contribution in [2.75, 3.05) is 11.9 Å². The Morgan fingerprint density at radius 1 is 1.47 bits per heavy atom. The summed E-state index contributed by atoms with van der Waals surface area (Å²) in [6, 6.07) is 5.19. The molecule has 0 aliphatic heterocycles. The van der Waals surface area contributed by atoms with E-state index in [9.17, 15) is 9.59 Å². The summed E-state index contributed by atoms with van der Waals surface area (Å²) in [5.41, 5.74) is 1.27. The van der Waals surface area contributed by atoms with Gasteiger partial charge in [-0.3, -0.25) is 4.79 Å². The first-order valence-corrected chi connectivity index (χ1v) is 6.65. The fraction of sp³-hybridized carbons (Fsp3) is 0.231. The standard InChI is InChI=1S/C13H14N2O3S/c1-3-18-13(17)11-8(2)7-10(19-11)15-12(16)9-5-4-6-14-9/h4-7,14H,3H2,1-2H3,(H,15,16). The van der Waals surface area contributed by atoms with Crippen LogP contribution in [0.25, 0.3) is 0 Å². The normalized spacial score (nSPS) is 10.2. The van der Waals surface area contributed by atoms with Gasteiger partial charge in [-0.25, -0.2) is 4.79 Å². The van der Waals surface area contributed by atoms with Gasteiger partial charge in [-0.15, -0.1) is 11.3 Å². The smallest absolute Gasteiger partial charge is 0.348 e. The molecule has 2 aromatic rings. The number of thiophene rings is 1. The summed E-state index contributed by atoms with van der Waals surface area (Å²) in [5, 5.41) is 3.37. The van der Waals surface area contributed by atoms with Crippen molar-refractivity contribution in [3.63, 3.8) is 0 Å². The fourth-order valence-electron chi connectivity index (χ4n) is 1.59. The Morgan fingerprint density at radius 3 is 2.89 bits per heavy atom. The Hall–Kier alpha value is -2.08. The Bertz CT molecular complexity index is 587. The van der Waals surface area contributed by atoms with E-state index in [-0.39, 0.29) is 11.9 Å². The van der Waals surface area contributed by atoms with Crippen LogP contribution in [0.4, 0.5) is 5.00 Å². The van der Waals surface area contributed by atoms with Crippen LogP contribution in [-0.2, 0) is 4.74 Å². The molecular formula is C13H14N2O3S. The van der Waals surface area contributed by atoms with Crippen LogP contribution in [0.2, 0.25) is 0 Å². The molecule has 6 heteroatoms. The number of carbonyl (C=O) groups is 2. The van der Waals surface area contributed by atoms with Crippen LogP contribution in [0.3, 0.4) is 0 Å². The van der Waals surface area contributed by atoms with Crippen molar-refractivity contribution < 1.29 is 14.3 Å². The molecule has 100 valence electrons. The quantitative estimate of drug-likeness (QED) is 0.845. The van der Waals surface area contributed by atoms with Crippen LogP contribution in [-0.4, -0.2) is 23.5 Å². The molecule has 2 heterocycles. The van der Waals surface area contributed by atoms with Crippen molar-refractivity contribution in [2.45, 2.75) is 13.8 Å². The minimum absolute atomic E-state index is 0.235. The lowest BCUT2D eigenvalue weighted by atomic mass is 10.3. The Labute approximate surface area is 114 Å².